The molecule has 0 amide bonds. The van der Waals surface area contributed by atoms with Gasteiger partial charge in [0.05, 0.1) is 16.6 Å². The van der Waals surface area contributed by atoms with Crippen molar-refractivity contribution in [2.75, 3.05) is 0 Å². The van der Waals surface area contributed by atoms with E-state index in [-0.39, 0.29) is 5.38 Å². The highest BCUT2D eigenvalue weighted by molar-refractivity contribution is 6.30. The molecule has 1 aliphatic rings. The van der Waals surface area contributed by atoms with E-state index < -0.39 is 0 Å². The minimum Gasteiger partial charge on any atom is -0.248 e. The summed E-state index contributed by atoms with van der Waals surface area (Å²) in [5.74, 6) is 0. The minimum atomic E-state index is -0.106. The summed E-state index contributed by atoms with van der Waals surface area (Å²) in [4.78, 5) is 4.75. The largest absolute Gasteiger partial charge is 0.248 e. The molecule has 1 heterocycles. The van der Waals surface area contributed by atoms with Crippen molar-refractivity contribution in [2.24, 2.45) is 0 Å². The van der Waals surface area contributed by atoms with Gasteiger partial charge in [0.1, 0.15) is 0 Å². The molecule has 1 aliphatic carbocycles. The van der Waals surface area contributed by atoms with E-state index in [1.165, 1.54) is 0 Å². The van der Waals surface area contributed by atoms with Crippen molar-refractivity contribution in [1.82, 2.24) is 4.98 Å². The van der Waals surface area contributed by atoms with Gasteiger partial charge in [-0.05, 0) is 34.9 Å². The maximum atomic E-state index is 6.50. The summed E-state index contributed by atoms with van der Waals surface area (Å²) < 4.78 is 0. The number of halogens is 1. The van der Waals surface area contributed by atoms with Crippen molar-refractivity contribution in [1.29, 1.82) is 0 Å². The van der Waals surface area contributed by atoms with Crippen LogP contribution in [0.1, 0.15) is 11.3 Å². The Balaban J connectivity index is 1.76. The van der Waals surface area contributed by atoms with Gasteiger partial charge in [-0.2, -0.15) is 0 Å². The van der Waals surface area contributed by atoms with Crippen molar-refractivity contribution < 1.29 is 0 Å². The van der Waals surface area contributed by atoms with Crippen LogP contribution in [0.2, 0.25) is 0 Å². The molecular weight excluding hydrogens is 290 g/mol. The number of alkyl halides is 1. The summed E-state index contributed by atoms with van der Waals surface area (Å²) in [6.07, 6.45) is 4.21. The molecule has 0 saturated heterocycles. The molecule has 106 valence electrons. The van der Waals surface area contributed by atoms with Crippen molar-refractivity contribution in [3.05, 3.63) is 90.1 Å². The number of fused-ring (bicyclic) bond motifs is 1. The Labute approximate surface area is 134 Å². The molecule has 0 N–H and O–H groups in total. The molecule has 0 aliphatic heterocycles. The van der Waals surface area contributed by atoms with Crippen molar-refractivity contribution in [2.45, 2.75) is 5.38 Å². The number of aromatic nitrogens is 1. The first-order valence-electron chi connectivity index (χ1n) is 7.30. The van der Waals surface area contributed by atoms with Crippen LogP contribution in [0.5, 0.6) is 0 Å². The molecule has 4 rings (SSSR count). The Morgan fingerprint density at radius 1 is 0.818 bits per heavy atom. The molecule has 1 atom stereocenters. The monoisotopic (exact) mass is 303 g/mol. The third-order valence-corrected chi connectivity index (χ3v) is 4.30. The first kappa shape index (κ1) is 13.3. The molecule has 1 unspecified atom stereocenters. The highest BCUT2D eigenvalue weighted by Crippen LogP contribution is 2.35. The van der Waals surface area contributed by atoms with E-state index in [9.17, 15) is 0 Å². The number of pyridine rings is 1. The number of hydrogen-bond donors (Lipinski definition) is 0. The fourth-order valence-corrected chi connectivity index (χ4v) is 3.13. The standard InChI is InChI=1S/C20H14ClN/c21-18-13-16(12-17(18)14-6-2-1-3-7-14)20-11-10-15-8-4-5-9-19(15)22-20/h1-13,18H. The minimum absolute atomic E-state index is 0.106. The van der Waals surface area contributed by atoms with E-state index >= 15 is 0 Å². The van der Waals surface area contributed by atoms with Crippen LogP contribution in [-0.4, -0.2) is 10.4 Å². The summed E-state index contributed by atoms with van der Waals surface area (Å²) in [5, 5.41) is 1.05. The smallest absolute Gasteiger partial charge is 0.0781 e. The second-order valence-electron chi connectivity index (χ2n) is 5.38. The maximum absolute atomic E-state index is 6.50. The average molecular weight is 304 g/mol. The molecule has 2 aromatic carbocycles. The average Bonchev–Trinajstić information content (AvgIpc) is 2.97. The zero-order chi connectivity index (χ0) is 14.9. The van der Waals surface area contributed by atoms with Crippen LogP contribution in [0.3, 0.4) is 0 Å². The van der Waals surface area contributed by atoms with E-state index in [0.717, 1.165) is 33.3 Å². The third kappa shape index (κ3) is 2.34. The highest BCUT2D eigenvalue weighted by Gasteiger charge is 2.19. The Kier molecular flexibility index (Phi) is 3.28. The van der Waals surface area contributed by atoms with Crippen molar-refractivity contribution in [3.8, 4) is 0 Å². The van der Waals surface area contributed by atoms with Crippen LogP contribution in [0.4, 0.5) is 0 Å². The Bertz CT molecular complexity index is 894. The van der Waals surface area contributed by atoms with E-state index in [1.54, 1.807) is 0 Å². The van der Waals surface area contributed by atoms with E-state index in [2.05, 4.69) is 42.5 Å². The van der Waals surface area contributed by atoms with Gasteiger partial charge in [-0.25, -0.2) is 4.98 Å². The van der Waals surface area contributed by atoms with Crippen LogP contribution in [0, 0.1) is 0 Å². The molecule has 0 fully saturated rings. The molecular formula is C20H14ClN. The molecule has 0 radical (unpaired) electrons. The second kappa shape index (κ2) is 5.43. The lowest BCUT2D eigenvalue weighted by atomic mass is 10.0. The Morgan fingerprint density at radius 3 is 2.45 bits per heavy atom. The van der Waals surface area contributed by atoms with Crippen molar-refractivity contribution in [3.63, 3.8) is 0 Å². The van der Waals surface area contributed by atoms with Gasteiger partial charge in [-0.3, -0.25) is 0 Å². The van der Waals surface area contributed by atoms with E-state index in [0.29, 0.717) is 0 Å². The van der Waals surface area contributed by atoms with Crippen LogP contribution in [-0.2, 0) is 0 Å². The van der Waals surface area contributed by atoms with Crippen LogP contribution in [0.15, 0.2) is 78.9 Å². The summed E-state index contributed by atoms with van der Waals surface area (Å²) in [7, 11) is 0. The Morgan fingerprint density at radius 2 is 1.59 bits per heavy atom. The van der Waals surface area contributed by atoms with Gasteiger partial charge in [0, 0.05) is 5.39 Å². The molecule has 1 nitrogen and oxygen atoms in total. The molecule has 0 bridgehead atoms. The fourth-order valence-electron chi connectivity index (χ4n) is 2.80. The highest BCUT2D eigenvalue weighted by atomic mass is 35.5. The zero-order valence-corrected chi connectivity index (χ0v) is 12.7. The van der Waals surface area contributed by atoms with Gasteiger partial charge in [0.15, 0.2) is 0 Å². The van der Waals surface area contributed by atoms with Gasteiger partial charge in [0.2, 0.25) is 0 Å². The van der Waals surface area contributed by atoms with Crippen LogP contribution >= 0.6 is 11.6 Å². The predicted octanol–water partition coefficient (Wildman–Crippen LogP) is 5.32. The van der Waals surface area contributed by atoms with Gasteiger partial charge < -0.3 is 0 Å². The summed E-state index contributed by atoms with van der Waals surface area (Å²) >= 11 is 6.50. The molecule has 3 aromatic rings. The van der Waals surface area contributed by atoms with Gasteiger partial charge in [-0.15, -0.1) is 11.6 Å². The Hall–Kier alpha value is -2.38. The van der Waals surface area contributed by atoms with Crippen LogP contribution in [0.25, 0.3) is 22.0 Å². The third-order valence-electron chi connectivity index (χ3n) is 3.94. The molecule has 1 aromatic heterocycles. The number of allylic oxidation sites excluding steroid dienone is 4. The lowest BCUT2D eigenvalue weighted by Gasteiger charge is -2.05. The number of rotatable bonds is 2. The summed E-state index contributed by atoms with van der Waals surface area (Å²) in [5.41, 5.74) is 5.36. The number of para-hydroxylation sites is 1. The lowest BCUT2D eigenvalue weighted by molar-refractivity contribution is 1.35. The summed E-state index contributed by atoms with van der Waals surface area (Å²) in [6.45, 7) is 0. The number of nitrogens with zero attached hydrogens (tertiary/aromatic N) is 1. The first-order chi connectivity index (χ1) is 10.8. The molecule has 22 heavy (non-hydrogen) atoms. The predicted molar refractivity (Wildman–Crippen MR) is 93.8 cm³/mol. The fraction of sp³-hybridized carbons (Fsp3) is 0.0500. The zero-order valence-electron chi connectivity index (χ0n) is 11.9. The normalized spacial score (nSPS) is 17.4. The topological polar surface area (TPSA) is 12.9 Å². The van der Waals surface area contributed by atoms with Gasteiger partial charge in [0.25, 0.3) is 0 Å². The van der Waals surface area contributed by atoms with E-state index in [4.69, 9.17) is 16.6 Å². The quantitative estimate of drug-likeness (QED) is 0.584. The molecule has 2 heteroatoms. The van der Waals surface area contributed by atoms with Crippen LogP contribution < -0.4 is 0 Å². The molecule has 0 saturated carbocycles. The number of hydrogen-bond acceptors (Lipinski definition) is 1. The lowest BCUT2D eigenvalue weighted by Crippen LogP contribution is -1.93. The SMILES string of the molecule is ClC1C=C(c2ccc3ccccc3n2)C=C1c1ccccc1. The van der Waals surface area contributed by atoms with Gasteiger partial charge in [-0.1, -0.05) is 60.7 Å². The first-order valence-corrected chi connectivity index (χ1v) is 7.74. The molecule has 0 spiro atoms. The van der Waals surface area contributed by atoms with E-state index in [1.807, 2.05) is 36.4 Å². The number of benzene rings is 2. The van der Waals surface area contributed by atoms with Gasteiger partial charge >= 0.3 is 0 Å². The maximum Gasteiger partial charge on any atom is 0.0781 e. The summed E-state index contributed by atoms with van der Waals surface area (Å²) in [6, 6.07) is 22.6. The van der Waals surface area contributed by atoms with Crippen molar-refractivity contribution >= 4 is 33.7 Å². The second-order valence-corrected chi connectivity index (χ2v) is 5.85.